The van der Waals surface area contributed by atoms with Crippen LogP contribution < -0.4 is 15.0 Å². The lowest BCUT2D eigenvalue weighted by Crippen LogP contribution is -2.40. The summed E-state index contributed by atoms with van der Waals surface area (Å²) in [4.78, 5) is 12.9. The minimum Gasteiger partial charge on any atom is -0.492 e. The van der Waals surface area contributed by atoms with Crippen molar-refractivity contribution >= 4 is 58.0 Å². The van der Waals surface area contributed by atoms with Crippen molar-refractivity contribution in [3.63, 3.8) is 0 Å². The van der Waals surface area contributed by atoms with Gasteiger partial charge in [0.1, 0.15) is 12.4 Å². The highest BCUT2D eigenvalue weighted by Crippen LogP contribution is 2.18. The van der Waals surface area contributed by atoms with Crippen molar-refractivity contribution < 1.29 is 4.74 Å². The second-order valence-electron chi connectivity index (χ2n) is 5.64. The Balaban J connectivity index is 0.00000338. The fourth-order valence-corrected chi connectivity index (χ4v) is 3.04. The van der Waals surface area contributed by atoms with Crippen LogP contribution in [0.25, 0.3) is 0 Å². The monoisotopic (exact) mass is 509 g/mol. The van der Waals surface area contributed by atoms with E-state index in [1.54, 1.807) is 24.5 Å². The molecule has 9 heteroatoms. The third-order valence-electron chi connectivity index (χ3n) is 3.41. The zero-order valence-corrected chi connectivity index (χ0v) is 19.3. The number of anilines is 1. The molecule has 0 spiro atoms. The largest absolute Gasteiger partial charge is 0.492 e. The fraction of sp³-hybridized carbons (Fsp3) is 0.412. The lowest BCUT2D eigenvalue weighted by atomic mass is 10.3. The van der Waals surface area contributed by atoms with Gasteiger partial charge in [-0.05, 0) is 18.2 Å². The quantitative estimate of drug-likeness (QED) is 0.351. The van der Waals surface area contributed by atoms with E-state index in [-0.39, 0.29) is 24.0 Å². The van der Waals surface area contributed by atoms with Crippen molar-refractivity contribution in [2.75, 3.05) is 46.2 Å². The molecule has 0 fully saturated rings. The lowest BCUT2D eigenvalue weighted by molar-refractivity contribution is 0.281. The summed E-state index contributed by atoms with van der Waals surface area (Å²) in [5.74, 6) is 1.57. The summed E-state index contributed by atoms with van der Waals surface area (Å²) in [5.41, 5.74) is 0.999. The van der Waals surface area contributed by atoms with Gasteiger partial charge in [0.25, 0.3) is 0 Å². The van der Waals surface area contributed by atoms with Crippen LogP contribution in [0.1, 0.15) is 5.69 Å². The van der Waals surface area contributed by atoms with Crippen molar-refractivity contribution in [2.24, 2.45) is 4.99 Å². The summed E-state index contributed by atoms with van der Waals surface area (Å²) >= 11 is 7.58. The van der Waals surface area contributed by atoms with Crippen molar-refractivity contribution in [2.45, 2.75) is 6.54 Å². The predicted molar refractivity (Wildman–Crippen MR) is 122 cm³/mol. The Kier molecular flexibility index (Phi) is 10.0. The van der Waals surface area contributed by atoms with E-state index >= 15 is 0 Å². The molecule has 0 saturated carbocycles. The number of nitrogens with one attached hydrogen (secondary N) is 1. The summed E-state index contributed by atoms with van der Waals surface area (Å²) in [6.07, 6.45) is 0. The maximum absolute atomic E-state index is 5.95. The number of rotatable bonds is 7. The molecule has 0 atom stereocenters. The first-order valence-electron chi connectivity index (χ1n) is 7.91. The molecule has 0 aliphatic heterocycles. The highest BCUT2D eigenvalue weighted by Gasteiger charge is 2.08. The minimum atomic E-state index is 0. The Morgan fingerprint density at radius 2 is 2.12 bits per heavy atom. The smallest absolute Gasteiger partial charge is 0.193 e. The maximum atomic E-state index is 5.95. The topological polar surface area (TPSA) is 53.0 Å². The Morgan fingerprint density at radius 3 is 2.73 bits per heavy atom. The van der Waals surface area contributed by atoms with E-state index in [2.05, 4.69) is 20.7 Å². The Bertz CT molecular complexity index is 710. The van der Waals surface area contributed by atoms with Crippen molar-refractivity contribution in [3.05, 3.63) is 40.4 Å². The van der Waals surface area contributed by atoms with Crippen LogP contribution in [0.5, 0.6) is 5.75 Å². The summed E-state index contributed by atoms with van der Waals surface area (Å²) in [7, 11) is 7.72. The molecule has 1 N–H and O–H groups in total. The number of hydrogen-bond donors (Lipinski definition) is 1. The van der Waals surface area contributed by atoms with Crippen LogP contribution in [0, 0.1) is 0 Å². The first-order valence-corrected chi connectivity index (χ1v) is 9.17. The van der Waals surface area contributed by atoms with Gasteiger partial charge in [-0.2, -0.15) is 0 Å². The molecule has 0 aliphatic rings. The van der Waals surface area contributed by atoms with Crippen molar-refractivity contribution in [1.82, 2.24) is 15.2 Å². The molecule has 0 radical (unpaired) electrons. The Hall–Kier alpha value is -1.26. The molecule has 1 aromatic carbocycles. The molecule has 0 aliphatic carbocycles. The molecule has 0 bridgehead atoms. The number of benzene rings is 1. The number of guanidine groups is 1. The average Bonchev–Trinajstić information content (AvgIpc) is 3.05. The van der Waals surface area contributed by atoms with Gasteiger partial charge in [-0.3, -0.25) is 4.99 Å². The molecular weight excluding hydrogens is 485 g/mol. The van der Waals surface area contributed by atoms with Gasteiger partial charge in [0.2, 0.25) is 0 Å². The van der Waals surface area contributed by atoms with Crippen molar-refractivity contribution in [3.8, 4) is 5.75 Å². The molecule has 0 saturated heterocycles. The summed E-state index contributed by atoms with van der Waals surface area (Å²) < 4.78 is 5.72. The molecule has 26 heavy (non-hydrogen) atoms. The number of nitrogens with zero attached hydrogens (tertiary/aromatic N) is 4. The van der Waals surface area contributed by atoms with Crippen LogP contribution >= 0.6 is 46.9 Å². The zero-order valence-electron chi connectivity index (χ0n) is 15.4. The Morgan fingerprint density at radius 1 is 1.35 bits per heavy atom. The van der Waals surface area contributed by atoms with Gasteiger partial charge >= 0.3 is 0 Å². The van der Waals surface area contributed by atoms with E-state index in [1.807, 2.05) is 49.1 Å². The number of likely N-dealkylation sites (N-methyl/N-ethyl adjacent to an activating group) is 1. The number of ether oxygens (including phenoxy) is 1. The normalized spacial score (nSPS) is 10.9. The summed E-state index contributed by atoms with van der Waals surface area (Å²) in [6.45, 7) is 1.88. The van der Waals surface area contributed by atoms with Gasteiger partial charge in [0.05, 0.1) is 18.8 Å². The van der Waals surface area contributed by atoms with Gasteiger partial charge in [-0.1, -0.05) is 17.7 Å². The van der Waals surface area contributed by atoms with Gasteiger partial charge in [-0.25, -0.2) is 4.98 Å². The van der Waals surface area contributed by atoms with Gasteiger partial charge < -0.3 is 19.9 Å². The molecule has 1 aromatic heterocycles. The van der Waals surface area contributed by atoms with Crippen LogP contribution in [0.4, 0.5) is 5.13 Å². The van der Waals surface area contributed by atoms with E-state index in [1.165, 1.54) is 0 Å². The number of thiazole rings is 1. The molecule has 1 heterocycles. The highest BCUT2D eigenvalue weighted by molar-refractivity contribution is 14.0. The molecule has 0 unspecified atom stereocenters. The van der Waals surface area contributed by atoms with Crippen molar-refractivity contribution in [1.29, 1.82) is 0 Å². The van der Waals surface area contributed by atoms with Crippen LogP contribution in [-0.4, -0.2) is 57.2 Å². The predicted octanol–water partition coefficient (Wildman–Crippen LogP) is 3.57. The molecule has 0 amide bonds. The third kappa shape index (κ3) is 7.16. The first kappa shape index (κ1) is 22.8. The number of aromatic nitrogens is 1. The fourth-order valence-electron chi connectivity index (χ4n) is 2.10. The highest BCUT2D eigenvalue weighted by atomic mass is 127. The van der Waals surface area contributed by atoms with Crippen LogP contribution in [0.15, 0.2) is 34.6 Å². The summed E-state index contributed by atoms with van der Waals surface area (Å²) in [6, 6.07) is 7.40. The molecular formula is C17H25ClIN5OS. The standard InChI is InChI=1S/C17H24ClN5OS.HI/c1-19-16(20-11-14-12-25-17(21-14)22(2)3)23(4)8-9-24-15-7-5-6-13(18)10-15;/h5-7,10,12H,8-9,11H2,1-4H3,(H,19,20);1H. The lowest BCUT2D eigenvalue weighted by Gasteiger charge is -2.21. The minimum absolute atomic E-state index is 0. The van der Waals surface area contributed by atoms with Gasteiger partial charge in [0.15, 0.2) is 11.1 Å². The SMILES string of the molecule is CN=C(NCc1csc(N(C)C)n1)N(C)CCOc1cccc(Cl)c1.I. The average molecular weight is 510 g/mol. The molecule has 2 aromatic rings. The van der Waals surface area contributed by atoms with Crippen LogP contribution in [0.3, 0.4) is 0 Å². The number of aliphatic imine (C=N–C) groups is 1. The number of halogens is 2. The van der Waals surface area contributed by atoms with E-state index in [4.69, 9.17) is 16.3 Å². The summed E-state index contributed by atoms with van der Waals surface area (Å²) in [5, 5.41) is 7.04. The van der Waals surface area contributed by atoms with Crippen LogP contribution in [-0.2, 0) is 6.54 Å². The molecule has 6 nitrogen and oxygen atoms in total. The van der Waals surface area contributed by atoms with E-state index in [9.17, 15) is 0 Å². The zero-order chi connectivity index (χ0) is 18.2. The Labute approximate surface area is 181 Å². The van der Waals surface area contributed by atoms with E-state index in [0.717, 1.165) is 22.5 Å². The van der Waals surface area contributed by atoms with Gasteiger partial charge in [-0.15, -0.1) is 35.3 Å². The molecule has 144 valence electrons. The molecule has 2 rings (SSSR count). The second kappa shape index (κ2) is 11.5. The van der Waals surface area contributed by atoms with Crippen LogP contribution in [0.2, 0.25) is 5.02 Å². The van der Waals surface area contributed by atoms with Gasteiger partial charge in [0, 0.05) is 38.6 Å². The number of hydrogen-bond acceptors (Lipinski definition) is 5. The third-order valence-corrected chi connectivity index (χ3v) is 4.71. The maximum Gasteiger partial charge on any atom is 0.193 e. The second-order valence-corrected chi connectivity index (χ2v) is 6.92. The van der Waals surface area contributed by atoms with E-state index in [0.29, 0.717) is 24.7 Å². The van der Waals surface area contributed by atoms with E-state index < -0.39 is 0 Å². The first-order chi connectivity index (χ1) is 12.0.